The van der Waals surface area contributed by atoms with Crippen molar-refractivity contribution in [3.05, 3.63) is 29.8 Å². The first-order chi connectivity index (χ1) is 9.47. The molecule has 0 radical (unpaired) electrons. The van der Waals surface area contributed by atoms with Crippen LogP contribution in [0.3, 0.4) is 0 Å². The lowest BCUT2D eigenvalue weighted by Gasteiger charge is -2.33. The lowest BCUT2D eigenvalue weighted by Crippen LogP contribution is -2.42. The topological polar surface area (TPSA) is 54.5 Å². The van der Waals surface area contributed by atoms with Gasteiger partial charge in [0, 0.05) is 12.6 Å². The number of piperidine rings is 1. The van der Waals surface area contributed by atoms with Gasteiger partial charge in [-0.05, 0) is 38.3 Å². The smallest absolute Gasteiger partial charge is 0.255 e. The van der Waals surface area contributed by atoms with Crippen LogP contribution in [-0.2, 0) is 9.84 Å². The van der Waals surface area contributed by atoms with Crippen molar-refractivity contribution in [1.29, 1.82) is 0 Å². The fourth-order valence-electron chi connectivity index (χ4n) is 2.62. The third kappa shape index (κ3) is 2.87. The van der Waals surface area contributed by atoms with Crippen molar-refractivity contribution in [1.82, 2.24) is 4.90 Å². The number of hydrogen-bond acceptors (Lipinski definition) is 3. The number of carbonyl (C=O) groups is 1. The van der Waals surface area contributed by atoms with Gasteiger partial charge >= 0.3 is 0 Å². The van der Waals surface area contributed by atoms with E-state index in [1.807, 2.05) is 6.92 Å². The van der Waals surface area contributed by atoms with E-state index in [9.17, 15) is 13.2 Å². The second-order valence-electron chi connectivity index (χ2n) is 5.24. The SMILES string of the molecule is CCS(=O)(=O)c1ccccc1C(=O)N1CCCC[C@@H]1C. The number of benzene rings is 1. The minimum Gasteiger partial charge on any atom is -0.336 e. The van der Waals surface area contributed by atoms with Crippen LogP contribution in [0.5, 0.6) is 0 Å². The van der Waals surface area contributed by atoms with Crippen LogP contribution < -0.4 is 0 Å². The van der Waals surface area contributed by atoms with Crippen LogP contribution in [0.15, 0.2) is 29.2 Å². The summed E-state index contributed by atoms with van der Waals surface area (Å²) in [5.74, 6) is -0.155. The van der Waals surface area contributed by atoms with Gasteiger partial charge in [-0.2, -0.15) is 0 Å². The molecule has 2 rings (SSSR count). The van der Waals surface area contributed by atoms with Crippen LogP contribution in [0.4, 0.5) is 0 Å². The Morgan fingerprint density at radius 2 is 2.00 bits per heavy atom. The number of amides is 1. The first-order valence-electron chi connectivity index (χ1n) is 7.10. The molecule has 0 aromatic heterocycles. The maximum Gasteiger partial charge on any atom is 0.255 e. The normalized spacial score (nSPS) is 19.9. The lowest BCUT2D eigenvalue weighted by atomic mass is 10.0. The quantitative estimate of drug-likeness (QED) is 0.861. The second kappa shape index (κ2) is 5.95. The van der Waals surface area contributed by atoms with E-state index < -0.39 is 9.84 Å². The minimum atomic E-state index is -3.38. The van der Waals surface area contributed by atoms with Gasteiger partial charge in [0.05, 0.1) is 16.2 Å². The molecule has 5 heteroatoms. The molecule has 0 unspecified atom stereocenters. The molecule has 4 nitrogen and oxygen atoms in total. The van der Waals surface area contributed by atoms with Gasteiger partial charge in [-0.3, -0.25) is 4.79 Å². The molecule has 1 saturated heterocycles. The molecule has 0 saturated carbocycles. The summed E-state index contributed by atoms with van der Waals surface area (Å²) in [6.07, 6.45) is 3.09. The molecular formula is C15H21NO3S. The average Bonchev–Trinajstić information content (AvgIpc) is 2.47. The fourth-order valence-corrected chi connectivity index (χ4v) is 3.71. The van der Waals surface area contributed by atoms with Crippen molar-refractivity contribution in [2.75, 3.05) is 12.3 Å². The summed E-state index contributed by atoms with van der Waals surface area (Å²) in [5, 5.41) is 0. The van der Waals surface area contributed by atoms with Gasteiger partial charge in [0.2, 0.25) is 0 Å². The number of rotatable bonds is 3. The lowest BCUT2D eigenvalue weighted by molar-refractivity contribution is 0.0631. The Balaban J connectivity index is 2.40. The highest BCUT2D eigenvalue weighted by Gasteiger charge is 2.28. The van der Waals surface area contributed by atoms with Crippen molar-refractivity contribution in [2.45, 2.75) is 44.0 Å². The van der Waals surface area contributed by atoms with E-state index in [2.05, 4.69) is 0 Å². The van der Waals surface area contributed by atoms with Gasteiger partial charge in [0.25, 0.3) is 5.91 Å². The summed E-state index contributed by atoms with van der Waals surface area (Å²) < 4.78 is 24.2. The summed E-state index contributed by atoms with van der Waals surface area (Å²) in [4.78, 5) is 14.6. The zero-order valence-corrected chi connectivity index (χ0v) is 12.8. The van der Waals surface area contributed by atoms with E-state index in [-0.39, 0.29) is 22.6 Å². The molecule has 1 aliphatic heterocycles. The molecule has 0 N–H and O–H groups in total. The Labute approximate surface area is 120 Å². The molecule has 0 aliphatic carbocycles. The maximum atomic E-state index is 12.7. The van der Waals surface area contributed by atoms with Crippen molar-refractivity contribution in [3.8, 4) is 0 Å². The van der Waals surface area contributed by atoms with E-state index in [1.165, 1.54) is 6.07 Å². The zero-order valence-electron chi connectivity index (χ0n) is 12.0. The number of sulfone groups is 1. The van der Waals surface area contributed by atoms with Crippen LogP contribution in [-0.4, -0.2) is 37.6 Å². The highest BCUT2D eigenvalue weighted by atomic mass is 32.2. The van der Waals surface area contributed by atoms with Crippen molar-refractivity contribution < 1.29 is 13.2 Å². The predicted molar refractivity (Wildman–Crippen MR) is 78.5 cm³/mol. The first kappa shape index (κ1) is 15.0. The highest BCUT2D eigenvalue weighted by Crippen LogP contribution is 2.23. The van der Waals surface area contributed by atoms with Crippen molar-refractivity contribution >= 4 is 15.7 Å². The molecule has 1 fully saturated rings. The zero-order chi connectivity index (χ0) is 14.8. The van der Waals surface area contributed by atoms with Gasteiger partial charge in [0.15, 0.2) is 9.84 Å². The molecular weight excluding hydrogens is 274 g/mol. The fraction of sp³-hybridized carbons (Fsp3) is 0.533. The molecule has 1 aliphatic rings. The van der Waals surface area contributed by atoms with E-state index in [4.69, 9.17) is 0 Å². The summed E-state index contributed by atoms with van der Waals surface area (Å²) in [6, 6.07) is 6.70. The Hall–Kier alpha value is -1.36. The van der Waals surface area contributed by atoms with Crippen LogP contribution in [0.2, 0.25) is 0 Å². The number of likely N-dealkylation sites (tertiary alicyclic amines) is 1. The van der Waals surface area contributed by atoms with Gasteiger partial charge in [0.1, 0.15) is 0 Å². The summed E-state index contributed by atoms with van der Waals surface area (Å²) in [6.45, 7) is 4.33. The summed E-state index contributed by atoms with van der Waals surface area (Å²) >= 11 is 0. The van der Waals surface area contributed by atoms with Crippen LogP contribution in [0.1, 0.15) is 43.5 Å². The molecule has 0 spiro atoms. The predicted octanol–water partition coefficient (Wildman–Crippen LogP) is 2.49. The largest absolute Gasteiger partial charge is 0.336 e. The van der Waals surface area contributed by atoms with Gasteiger partial charge < -0.3 is 4.90 Å². The monoisotopic (exact) mass is 295 g/mol. The van der Waals surface area contributed by atoms with Gasteiger partial charge in [-0.15, -0.1) is 0 Å². The van der Waals surface area contributed by atoms with E-state index in [0.29, 0.717) is 12.1 Å². The van der Waals surface area contributed by atoms with E-state index in [1.54, 1.807) is 30.0 Å². The van der Waals surface area contributed by atoms with E-state index in [0.717, 1.165) is 19.3 Å². The molecule has 1 amide bonds. The number of hydrogen-bond donors (Lipinski definition) is 0. The third-order valence-electron chi connectivity index (χ3n) is 3.90. The Morgan fingerprint density at radius 3 is 2.65 bits per heavy atom. The molecule has 1 aromatic carbocycles. The molecule has 1 atom stereocenters. The molecule has 110 valence electrons. The molecule has 20 heavy (non-hydrogen) atoms. The maximum absolute atomic E-state index is 12.7. The second-order valence-corrected chi connectivity index (χ2v) is 7.49. The van der Waals surface area contributed by atoms with Crippen LogP contribution in [0, 0.1) is 0 Å². The standard InChI is InChI=1S/C15H21NO3S/c1-3-20(18,19)14-10-5-4-9-13(14)15(17)16-11-7-6-8-12(16)2/h4-5,9-10,12H,3,6-8,11H2,1-2H3/t12-/m0/s1. The third-order valence-corrected chi connectivity index (χ3v) is 5.68. The summed E-state index contributed by atoms with van der Waals surface area (Å²) in [5.41, 5.74) is 0.308. The highest BCUT2D eigenvalue weighted by molar-refractivity contribution is 7.91. The Morgan fingerprint density at radius 1 is 1.30 bits per heavy atom. The minimum absolute atomic E-state index is 0.00679. The van der Waals surface area contributed by atoms with Crippen LogP contribution >= 0.6 is 0 Å². The average molecular weight is 295 g/mol. The van der Waals surface area contributed by atoms with Crippen molar-refractivity contribution in [2.24, 2.45) is 0 Å². The van der Waals surface area contributed by atoms with Crippen molar-refractivity contribution in [3.63, 3.8) is 0 Å². The number of carbonyl (C=O) groups excluding carboxylic acids is 1. The Kier molecular flexibility index (Phi) is 4.48. The molecule has 0 bridgehead atoms. The number of nitrogens with zero attached hydrogens (tertiary/aromatic N) is 1. The molecule has 1 heterocycles. The van der Waals surface area contributed by atoms with Crippen LogP contribution in [0.25, 0.3) is 0 Å². The molecule has 1 aromatic rings. The Bertz CT molecular complexity index is 595. The summed E-state index contributed by atoms with van der Waals surface area (Å²) in [7, 11) is -3.38. The van der Waals surface area contributed by atoms with E-state index >= 15 is 0 Å². The van der Waals surface area contributed by atoms with Gasteiger partial charge in [-0.25, -0.2) is 8.42 Å². The first-order valence-corrected chi connectivity index (χ1v) is 8.75. The van der Waals surface area contributed by atoms with Gasteiger partial charge in [-0.1, -0.05) is 19.1 Å².